The Morgan fingerprint density at radius 2 is 2.21 bits per heavy atom. The van der Waals surface area contributed by atoms with Gasteiger partial charge in [-0.15, -0.1) is 0 Å². The average molecular weight is 272 g/mol. The number of nitrogens with zero attached hydrogens (tertiary/aromatic N) is 1. The number of methoxy groups -OCH3 is 1. The van der Waals surface area contributed by atoms with Crippen molar-refractivity contribution < 1.29 is 19.4 Å². The van der Waals surface area contributed by atoms with Gasteiger partial charge < -0.3 is 20.5 Å². The molecule has 1 aliphatic rings. The van der Waals surface area contributed by atoms with Crippen molar-refractivity contribution in [3.63, 3.8) is 0 Å². The quantitative estimate of drug-likeness (QED) is 0.685. The number of ether oxygens (including phenoxy) is 1. The second-order valence-electron chi connectivity index (χ2n) is 5.18. The van der Waals surface area contributed by atoms with Gasteiger partial charge in [0, 0.05) is 26.3 Å². The predicted molar refractivity (Wildman–Crippen MR) is 70.6 cm³/mol. The number of likely N-dealkylation sites (tertiary alicyclic amines) is 1. The van der Waals surface area contributed by atoms with E-state index in [0.717, 1.165) is 6.42 Å². The standard InChI is InChI=1S/C13H24N2O4/c1-9-8-10(13(17)18)5-6-15(9)12(16)11(14)4-3-7-19-2/h9-11H,3-8,14H2,1-2H3,(H,17,18). The Hall–Kier alpha value is -1.14. The normalized spacial score (nSPS) is 25.1. The average Bonchev–Trinajstić information content (AvgIpc) is 2.37. The first-order chi connectivity index (χ1) is 8.97. The van der Waals surface area contributed by atoms with Crippen molar-refractivity contribution in [1.82, 2.24) is 4.90 Å². The lowest BCUT2D eigenvalue weighted by Gasteiger charge is -2.37. The Balaban J connectivity index is 2.47. The Bertz CT molecular complexity index is 322. The molecule has 0 aromatic heterocycles. The van der Waals surface area contributed by atoms with Crippen LogP contribution in [0.5, 0.6) is 0 Å². The zero-order valence-corrected chi connectivity index (χ0v) is 11.7. The molecule has 1 heterocycles. The molecule has 110 valence electrons. The van der Waals surface area contributed by atoms with Gasteiger partial charge in [-0.2, -0.15) is 0 Å². The van der Waals surface area contributed by atoms with E-state index in [1.807, 2.05) is 6.92 Å². The van der Waals surface area contributed by atoms with Crippen LogP contribution in [0, 0.1) is 5.92 Å². The number of carboxylic acids is 1. The summed E-state index contributed by atoms with van der Waals surface area (Å²) in [5.74, 6) is -1.19. The number of piperidine rings is 1. The van der Waals surface area contributed by atoms with E-state index in [9.17, 15) is 9.59 Å². The van der Waals surface area contributed by atoms with Crippen LogP contribution in [0.3, 0.4) is 0 Å². The molecule has 1 rings (SSSR count). The summed E-state index contributed by atoms with van der Waals surface area (Å²) in [5, 5.41) is 8.99. The second kappa shape index (κ2) is 7.45. The highest BCUT2D eigenvalue weighted by molar-refractivity contribution is 5.82. The molecule has 0 aromatic rings. The minimum atomic E-state index is -0.775. The molecule has 0 aliphatic carbocycles. The summed E-state index contributed by atoms with van der Waals surface area (Å²) in [5.41, 5.74) is 5.88. The van der Waals surface area contributed by atoms with E-state index in [1.54, 1.807) is 12.0 Å². The molecule has 19 heavy (non-hydrogen) atoms. The van der Waals surface area contributed by atoms with E-state index >= 15 is 0 Å². The fourth-order valence-electron chi connectivity index (χ4n) is 2.51. The number of amides is 1. The lowest BCUT2D eigenvalue weighted by molar-refractivity contribution is -0.148. The van der Waals surface area contributed by atoms with Gasteiger partial charge in [-0.25, -0.2) is 0 Å². The topological polar surface area (TPSA) is 92.9 Å². The summed E-state index contributed by atoms with van der Waals surface area (Å²) in [6.07, 6.45) is 2.36. The Morgan fingerprint density at radius 1 is 1.53 bits per heavy atom. The molecule has 3 N–H and O–H groups in total. The largest absolute Gasteiger partial charge is 0.481 e. The zero-order valence-electron chi connectivity index (χ0n) is 11.7. The Kier molecular flexibility index (Phi) is 6.24. The molecule has 1 saturated heterocycles. The third-order valence-corrected chi connectivity index (χ3v) is 3.69. The zero-order chi connectivity index (χ0) is 14.4. The first-order valence-electron chi connectivity index (χ1n) is 6.75. The minimum Gasteiger partial charge on any atom is -0.481 e. The van der Waals surface area contributed by atoms with Crippen LogP contribution in [-0.2, 0) is 14.3 Å². The van der Waals surface area contributed by atoms with E-state index in [4.69, 9.17) is 15.6 Å². The van der Waals surface area contributed by atoms with Crippen LogP contribution >= 0.6 is 0 Å². The summed E-state index contributed by atoms with van der Waals surface area (Å²) in [7, 11) is 1.62. The number of rotatable bonds is 6. The number of carbonyl (C=O) groups is 2. The van der Waals surface area contributed by atoms with Gasteiger partial charge >= 0.3 is 5.97 Å². The molecule has 0 spiro atoms. The highest BCUT2D eigenvalue weighted by Crippen LogP contribution is 2.23. The molecular weight excluding hydrogens is 248 g/mol. The molecule has 0 radical (unpaired) electrons. The fourth-order valence-corrected chi connectivity index (χ4v) is 2.51. The summed E-state index contributed by atoms with van der Waals surface area (Å²) < 4.78 is 4.93. The SMILES string of the molecule is COCCCC(N)C(=O)N1CCC(C(=O)O)CC1C. The van der Waals surface area contributed by atoms with Crippen LogP contribution in [0.1, 0.15) is 32.6 Å². The van der Waals surface area contributed by atoms with Crippen molar-refractivity contribution in [2.24, 2.45) is 11.7 Å². The second-order valence-corrected chi connectivity index (χ2v) is 5.18. The molecule has 6 nitrogen and oxygen atoms in total. The van der Waals surface area contributed by atoms with Gasteiger partial charge in [-0.05, 0) is 32.6 Å². The van der Waals surface area contributed by atoms with E-state index in [-0.39, 0.29) is 17.9 Å². The number of nitrogens with two attached hydrogens (primary N) is 1. The maximum Gasteiger partial charge on any atom is 0.306 e. The number of carbonyl (C=O) groups excluding carboxylic acids is 1. The lowest BCUT2D eigenvalue weighted by Crippen LogP contribution is -2.52. The number of hydrogen-bond donors (Lipinski definition) is 2. The Labute approximate surface area is 113 Å². The van der Waals surface area contributed by atoms with Gasteiger partial charge in [0.15, 0.2) is 0 Å². The summed E-state index contributed by atoms with van der Waals surface area (Å²) in [4.78, 5) is 24.9. The Morgan fingerprint density at radius 3 is 2.74 bits per heavy atom. The van der Waals surface area contributed by atoms with Crippen molar-refractivity contribution >= 4 is 11.9 Å². The third-order valence-electron chi connectivity index (χ3n) is 3.69. The molecule has 0 saturated carbocycles. The summed E-state index contributed by atoms with van der Waals surface area (Å²) in [6, 6.07) is -0.574. The van der Waals surface area contributed by atoms with Crippen LogP contribution in [0.15, 0.2) is 0 Å². The molecule has 1 amide bonds. The molecule has 6 heteroatoms. The molecule has 1 aliphatic heterocycles. The number of hydrogen-bond acceptors (Lipinski definition) is 4. The van der Waals surface area contributed by atoms with Gasteiger partial charge in [-0.1, -0.05) is 0 Å². The predicted octanol–water partition coefficient (Wildman–Crippen LogP) is 0.452. The fraction of sp³-hybridized carbons (Fsp3) is 0.846. The van der Waals surface area contributed by atoms with Gasteiger partial charge in [0.05, 0.1) is 12.0 Å². The van der Waals surface area contributed by atoms with E-state index in [0.29, 0.717) is 32.4 Å². The number of aliphatic carboxylic acids is 1. The first kappa shape index (κ1) is 15.9. The van der Waals surface area contributed by atoms with Crippen molar-refractivity contribution in [3.8, 4) is 0 Å². The third kappa shape index (κ3) is 4.47. The van der Waals surface area contributed by atoms with Gasteiger partial charge in [0.25, 0.3) is 0 Å². The van der Waals surface area contributed by atoms with Crippen molar-refractivity contribution in [1.29, 1.82) is 0 Å². The van der Waals surface area contributed by atoms with Crippen LogP contribution in [0.2, 0.25) is 0 Å². The van der Waals surface area contributed by atoms with Crippen LogP contribution in [0.4, 0.5) is 0 Å². The highest BCUT2D eigenvalue weighted by Gasteiger charge is 2.33. The van der Waals surface area contributed by atoms with Gasteiger partial charge in [-0.3, -0.25) is 9.59 Å². The van der Waals surface area contributed by atoms with Gasteiger partial charge in [0.1, 0.15) is 0 Å². The van der Waals surface area contributed by atoms with E-state index in [1.165, 1.54) is 0 Å². The lowest BCUT2D eigenvalue weighted by atomic mass is 9.91. The van der Waals surface area contributed by atoms with Crippen LogP contribution < -0.4 is 5.73 Å². The number of carboxylic acid groups (broad SMARTS) is 1. The smallest absolute Gasteiger partial charge is 0.306 e. The summed E-state index contributed by atoms with van der Waals surface area (Å²) in [6.45, 7) is 2.96. The molecule has 0 aromatic carbocycles. The molecule has 3 atom stereocenters. The van der Waals surface area contributed by atoms with Crippen molar-refractivity contribution in [3.05, 3.63) is 0 Å². The van der Waals surface area contributed by atoms with Crippen LogP contribution in [0.25, 0.3) is 0 Å². The van der Waals surface area contributed by atoms with E-state index < -0.39 is 12.0 Å². The monoisotopic (exact) mass is 272 g/mol. The minimum absolute atomic E-state index is 0.0594. The van der Waals surface area contributed by atoms with Crippen LogP contribution in [-0.4, -0.2) is 54.2 Å². The maximum atomic E-state index is 12.2. The van der Waals surface area contributed by atoms with Crippen molar-refractivity contribution in [2.75, 3.05) is 20.3 Å². The molecular formula is C13H24N2O4. The van der Waals surface area contributed by atoms with E-state index in [2.05, 4.69) is 0 Å². The molecule has 0 bridgehead atoms. The highest BCUT2D eigenvalue weighted by atomic mass is 16.5. The molecule has 1 fully saturated rings. The van der Waals surface area contributed by atoms with Crippen molar-refractivity contribution in [2.45, 2.75) is 44.7 Å². The van der Waals surface area contributed by atoms with Gasteiger partial charge in [0.2, 0.25) is 5.91 Å². The summed E-state index contributed by atoms with van der Waals surface area (Å²) >= 11 is 0. The maximum absolute atomic E-state index is 12.2. The molecule has 3 unspecified atom stereocenters. The first-order valence-corrected chi connectivity index (χ1v) is 6.75.